The maximum absolute atomic E-state index is 12.8. The molecule has 12 heteroatoms. The van der Waals surface area contributed by atoms with Crippen molar-refractivity contribution in [2.45, 2.75) is 31.8 Å². The quantitative estimate of drug-likeness (QED) is 0.148. The molecule has 1 unspecified atom stereocenters. The Morgan fingerprint density at radius 1 is 1.09 bits per heavy atom. The van der Waals surface area contributed by atoms with Gasteiger partial charge in [0.05, 0.1) is 31.4 Å². The van der Waals surface area contributed by atoms with Crippen molar-refractivity contribution in [2.24, 2.45) is 0 Å². The van der Waals surface area contributed by atoms with E-state index in [9.17, 15) is 22.8 Å². The smallest absolute Gasteiger partial charge is 0.416 e. The number of ether oxygens (including phenoxy) is 1. The molecule has 35 heavy (non-hydrogen) atoms. The monoisotopic (exact) mass is 494 g/mol. The number of hydrazine groups is 2. The molecule has 1 aliphatic heterocycles. The Bertz CT molecular complexity index is 1030. The van der Waals surface area contributed by atoms with E-state index in [2.05, 4.69) is 27.0 Å². The van der Waals surface area contributed by atoms with Crippen molar-refractivity contribution in [3.8, 4) is 0 Å². The van der Waals surface area contributed by atoms with Crippen molar-refractivity contribution in [1.82, 2.24) is 26.6 Å². The standard InChI is InChI=1S/C23H29F3N6O3/c1-15(33)32-13-22(14-32,35-16(2)34)12-28-31-30-21(27-3)19-6-4-5-7-20(19)29-18-10-8-17(9-11-18)23(24,25)26/h4-11,21,27-31H,12-14H2,1-3H3. The molecule has 1 fully saturated rings. The van der Waals surface area contributed by atoms with Crippen LogP contribution in [0.3, 0.4) is 0 Å². The van der Waals surface area contributed by atoms with Gasteiger partial charge in [-0.3, -0.25) is 9.59 Å². The lowest BCUT2D eigenvalue weighted by atomic mass is 9.94. The van der Waals surface area contributed by atoms with Crippen LogP contribution in [0.15, 0.2) is 48.5 Å². The van der Waals surface area contributed by atoms with Crippen molar-refractivity contribution in [3.63, 3.8) is 0 Å². The summed E-state index contributed by atoms with van der Waals surface area (Å²) >= 11 is 0. The molecule has 3 rings (SSSR count). The van der Waals surface area contributed by atoms with Gasteiger partial charge in [0.2, 0.25) is 5.91 Å². The Morgan fingerprint density at radius 3 is 2.31 bits per heavy atom. The van der Waals surface area contributed by atoms with Gasteiger partial charge in [-0.2, -0.15) is 18.7 Å². The van der Waals surface area contributed by atoms with E-state index in [1.807, 2.05) is 24.3 Å². The fourth-order valence-corrected chi connectivity index (χ4v) is 3.78. The molecule has 190 valence electrons. The van der Waals surface area contributed by atoms with Gasteiger partial charge in [-0.05, 0) is 37.4 Å². The van der Waals surface area contributed by atoms with Crippen molar-refractivity contribution in [1.29, 1.82) is 0 Å². The molecule has 1 heterocycles. The van der Waals surface area contributed by atoms with Crippen LogP contribution < -0.4 is 27.0 Å². The number of amides is 1. The van der Waals surface area contributed by atoms with Gasteiger partial charge in [-0.15, -0.1) is 0 Å². The van der Waals surface area contributed by atoms with Crippen molar-refractivity contribution in [2.75, 3.05) is 32.0 Å². The minimum atomic E-state index is -4.39. The zero-order valence-corrected chi connectivity index (χ0v) is 19.6. The predicted octanol–water partition coefficient (Wildman–Crippen LogP) is 2.43. The summed E-state index contributed by atoms with van der Waals surface area (Å²) in [6.45, 7) is 3.63. The maximum Gasteiger partial charge on any atom is 0.416 e. The molecular formula is C23H29F3N6O3. The van der Waals surface area contributed by atoms with Gasteiger partial charge in [0.25, 0.3) is 0 Å². The number of nitrogens with one attached hydrogen (secondary N) is 5. The third-order valence-corrected chi connectivity index (χ3v) is 5.53. The summed E-state index contributed by atoms with van der Waals surface area (Å²) in [4.78, 5) is 24.6. The molecule has 1 atom stereocenters. The molecule has 1 saturated heterocycles. The minimum absolute atomic E-state index is 0.0914. The number of carbonyl (C=O) groups excluding carboxylic acids is 2. The lowest BCUT2D eigenvalue weighted by molar-refractivity contribution is -0.182. The third-order valence-electron chi connectivity index (χ3n) is 5.53. The fourth-order valence-electron chi connectivity index (χ4n) is 3.78. The first-order chi connectivity index (χ1) is 16.5. The Kier molecular flexibility index (Phi) is 8.33. The predicted molar refractivity (Wildman–Crippen MR) is 124 cm³/mol. The lowest BCUT2D eigenvalue weighted by Crippen LogP contribution is -2.70. The van der Waals surface area contributed by atoms with Crippen LogP contribution in [0, 0.1) is 0 Å². The highest BCUT2D eigenvalue weighted by molar-refractivity contribution is 5.75. The second-order valence-corrected chi connectivity index (χ2v) is 8.28. The highest BCUT2D eigenvalue weighted by Crippen LogP contribution is 2.31. The van der Waals surface area contributed by atoms with E-state index in [4.69, 9.17) is 4.74 Å². The molecule has 0 bridgehead atoms. The normalized spacial score (nSPS) is 15.8. The molecule has 9 nitrogen and oxygen atoms in total. The molecule has 1 aliphatic rings. The molecule has 0 aromatic heterocycles. The number of nitrogens with zero attached hydrogens (tertiary/aromatic N) is 1. The largest absolute Gasteiger partial charge is 0.454 e. The Morgan fingerprint density at radius 2 is 1.74 bits per heavy atom. The number of hydrogen-bond acceptors (Lipinski definition) is 8. The van der Waals surface area contributed by atoms with Gasteiger partial charge in [0.15, 0.2) is 5.60 Å². The first-order valence-electron chi connectivity index (χ1n) is 10.9. The topological polar surface area (TPSA) is 107 Å². The van der Waals surface area contributed by atoms with E-state index < -0.39 is 29.5 Å². The fraction of sp³-hybridized carbons (Fsp3) is 0.391. The van der Waals surface area contributed by atoms with Crippen LogP contribution in [0.1, 0.15) is 31.1 Å². The van der Waals surface area contributed by atoms with Crippen LogP contribution in [-0.2, 0) is 20.5 Å². The molecule has 0 aliphatic carbocycles. The van der Waals surface area contributed by atoms with Crippen LogP contribution in [0.2, 0.25) is 0 Å². The van der Waals surface area contributed by atoms with E-state index in [1.165, 1.54) is 26.0 Å². The Hall–Kier alpha value is -3.19. The molecule has 2 aromatic rings. The first-order valence-corrected chi connectivity index (χ1v) is 10.9. The highest BCUT2D eigenvalue weighted by atomic mass is 19.4. The van der Waals surface area contributed by atoms with Crippen LogP contribution in [0.5, 0.6) is 0 Å². The van der Waals surface area contributed by atoms with E-state index in [0.29, 0.717) is 24.5 Å². The summed E-state index contributed by atoms with van der Waals surface area (Å²) in [5.41, 5.74) is 9.38. The van der Waals surface area contributed by atoms with Crippen LogP contribution in [0.4, 0.5) is 24.5 Å². The van der Waals surface area contributed by atoms with Crippen molar-refractivity contribution in [3.05, 3.63) is 59.7 Å². The molecule has 2 aromatic carbocycles. The zero-order valence-electron chi connectivity index (χ0n) is 19.6. The van der Waals surface area contributed by atoms with E-state index in [0.717, 1.165) is 17.7 Å². The minimum Gasteiger partial charge on any atom is -0.454 e. The second-order valence-electron chi connectivity index (χ2n) is 8.28. The zero-order chi connectivity index (χ0) is 25.6. The summed E-state index contributed by atoms with van der Waals surface area (Å²) < 4.78 is 43.9. The highest BCUT2D eigenvalue weighted by Gasteiger charge is 2.47. The van der Waals surface area contributed by atoms with Gasteiger partial charge in [-0.25, -0.2) is 10.9 Å². The summed E-state index contributed by atoms with van der Waals surface area (Å²) in [5, 5.41) is 6.26. The number of carbonyl (C=O) groups is 2. The van der Waals surface area contributed by atoms with E-state index >= 15 is 0 Å². The molecule has 0 saturated carbocycles. The van der Waals surface area contributed by atoms with Crippen molar-refractivity contribution >= 4 is 23.3 Å². The molecule has 5 N–H and O–H groups in total. The number of para-hydroxylation sites is 1. The van der Waals surface area contributed by atoms with Gasteiger partial charge in [0.1, 0.15) is 0 Å². The second kappa shape index (κ2) is 11.0. The van der Waals surface area contributed by atoms with Crippen LogP contribution in [-0.4, -0.2) is 49.1 Å². The summed E-state index contributed by atoms with van der Waals surface area (Å²) in [6.07, 6.45) is -4.80. The number of likely N-dealkylation sites (tertiary alicyclic amines) is 1. The average Bonchev–Trinajstić information content (AvgIpc) is 2.77. The average molecular weight is 495 g/mol. The number of benzene rings is 2. The van der Waals surface area contributed by atoms with Crippen LogP contribution >= 0.6 is 0 Å². The molecule has 0 spiro atoms. The Labute approximate surface area is 201 Å². The van der Waals surface area contributed by atoms with E-state index in [1.54, 1.807) is 11.9 Å². The molecule has 1 amide bonds. The van der Waals surface area contributed by atoms with Gasteiger partial charge < -0.3 is 20.3 Å². The third kappa shape index (κ3) is 6.92. The van der Waals surface area contributed by atoms with Gasteiger partial charge in [0, 0.05) is 30.8 Å². The van der Waals surface area contributed by atoms with Gasteiger partial charge >= 0.3 is 12.1 Å². The number of esters is 1. The molecular weight excluding hydrogens is 465 g/mol. The maximum atomic E-state index is 12.8. The molecule has 0 radical (unpaired) electrons. The van der Waals surface area contributed by atoms with Crippen molar-refractivity contribution < 1.29 is 27.5 Å². The summed E-state index contributed by atoms with van der Waals surface area (Å²) in [6, 6.07) is 12.1. The first kappa shape index (κ1) is 26.4. The van der Waals surface area contributed by atoms with Gasteiger partial charge in [-0.1, -0.05) is 18.2 Å². The number of rotatable bonds is 10. The van der Waals surface area contributed by atoms with E-state index in [-0.39, 0.29) is 12.5 Å². The Balaban J connectivity index is 1.60. The number of alkyl halides is 3. The number of halogens is 3. The lowest BCUT2D eigenvalue weighted by Gasteiger charge is -2.48. The summed E-state index contributed by atoms with van der Waals surface area (Å²) in [5.74, 6) is -0.523. The summed E-state index contributed by atoms with van der Waals surface area (Å²) in [7, 11) is 1.74. The number of hydrogen-bond donors (Lipinski definition) is 5. The number of anilines is 2. The SMILES string of the molecule is CNC(NNNCC1(OC(C)=O)CN(C(C)=O)C1)c1ccccc1Nc1ccc(C(F)(F)F)cc1. The van der Waals surface area contributed by atoms with Crippen LogP contribution in [0.25, 0.3) is 0 Å².